The number of aromatic nitrogens is 2. The van der Waals surface area contributed by atoms with Crippen LogP contribution in [0.1, 0.15) is 57.2 Å². The second-order valence-electron chi connectivity index (χ2n) is 5.30. The Balaban J connectivity index is 2.09. The molecule has 0 N–H and O–H groups in total. The van der Waals surface area contributed by atoms with Crippen molar-refractivity contribution in [3.05, 3.63) is 22.7 Å². The van der Waals surface area contributed by atoms with Gasteiger partial charge in [-0.15, -0.1) is 0 Å². The molecule has 1 heterocycles. The van der Waals surface area contributed by atoms with Gasteiger partial charge in [-0.05, 0) is 43.7 Å². The summed E-state index contributed by atoms with van der Waals surface area (Å²) in [5.41, 5.74) is 2.11. The van der Waals surface area contributed by atoms with E-state index < -0.39 is 0 Å². The first-order valence-electron chi connectivity index (χ1n) is 6.15. The first-order chi connectivity index (χ1) is 8.00. The maximum atomic E-state index is 5.96. The second-order valence-corrected chi connectivity index (χ2v) is 5.63. The highest BCUT2D eigenvalue weighted by Gasteiger charge is 2.32. The molecule has 0 aliphatic heterocycles. The lowest BCUT2D eigenvalue weighted by atomic mass is 9.82. The van der Waals surface area contributed by atoms with Crippen molar-refractivity contribution in [2.45, 2.75) is 58.2 Å². The zero-order valence-electron chi connectivity index (χ0n) is 10.7. The molecule has 17 heavy (non-hydrogen) atoms. The van der Waals surface area contributed by atoms with Gasteiger partial charge in [0.15, 0.2) is 0 Å². The number of ether oxygens (including phenoxy) is 1. The lowest BCUT2D eigenvalue weighted by Gasteiger charge is -2.38. The summed E-state index contributed by atoms with van der Waals surface area (Å²) in [5, 5.41) is 0.312. The fourth-order valence-electron chi connectivity index (χ4n) is 2.08. The maximum Gasteiger partial charge on any atom is 0.222 e. The topological polar surface area (TPSA) is 35.0 Å². The summed E-state index contributed by atoms with van der Waals surface area (Å²) < 4.78 is 5.96. The van der Waals surface area contributed by atoms with E-state index in [1.54, 1.807) is 6.20 Å². The van der Waals surface area contributed by atoms with Crippen LogP contribution in [0.15, 0.2) is 6.20 Å². The first kappa shape index (κ1) is 12.8. The number of nitrogens with zero attached hydrogens (tertiary/aromatic N) is 2. The standard InChI is InChI=1S/C13H19ClN2O/c1-9(2)11-10(7-15-12(14)16-11)8-17-13(3)5-4-6-13/h7,9H,4-6,8H2,1-3H3. The van der Waals surface area contributed by atoms with Crippen LogP contribution in [0.25, 0.3) is 0 Å². The molecule has 4 heteroatoms. The largest absolute Gasteiger partial charge is 0.370 e. The van der Waals surface area contributed by atoms with Gasteiger partial charge >= 0.3 is 0 Å². The van der Waals surface area contributed by atoms with Crippen LogP contribution in [0.5, 0.6) is 0 Å². The van der Waals surface area contributed by atoms with Crippen LogP contribution < -0.4 is 0 Å². The normalized spacial score (nSPS) is 18.2. The Bertz CT molecular complexity index is 402. The molecule has 0 amide bonds. The van der Waals surface area contributed by atoms with Crippen molar-refractivity contribution in [2.24, 2.45) is 0 Å². The van der Waals surface area contributed by atoms with Gasteiger partial charge in [-0.3, -0.25) is 0 Å². The van der Waals surface area contributed by atoms with E-state index in [0.717, 1.165) is 24.1 Å². The number of rotatable bonds is 4. The minimum Gasteiger partial charge on any atom is -0.370 e. The van der Waals surface area contributed by atoms with Crippen LogP contribution in [0.3, 0.4) is 0 Å². The van der Waals surface area contributed by atoms with E-state index >= 15 is 0 Å². The number of halogens is 1. The zero-order chi connectivity index (χ0) is 12.5. The predicted octanol–water partition coefficient (Wildman–Crippen LogP) is 3.71. The first-order valence-corrected chi connectivity index (χ1v) is 6.53. The van der Waals surface area contributed by atoms with E-state index in [2.05, 4.69) is 30.7 Å². The fraction of sp³-hybridized carbons (Fsp3) is 0.692. The molecule has 0 saturated heterocycles. The van der Waals surface area contributed by atoms with Gasteiger partial charge in [0, 0.05) is 11.8 Å². The average Bonchev–Trinajstić information content (AvgIpc) is 2.24. The van der Waals surface area contributed by atoms with E-state index in [1.165, 1.54) is 6.42 Å². The summed E-state index contributed by atoms with van der Waals surface area (Å²) in [5.74, 6) is 0.336. The Morgan fingerprint density at radius 2 is 2.18 bits per heavy atom. The third kappa shape index (κ3) is 2.96. The highest BCUT2D eigenvalue weighted by Crippen LogP contribution is 2.36. The smallest absolute Gasteiger partial charge is 0.222 e. The highest BCUT2D eigenvalue weighted by molar-refractivity contribution is 6.28. The molecule has 0 unspecified atom stereocenters. The van der Waals surface area contributed by atoms with Crippen LogP contribution in [0, 0.1) is 0 Å². The molecule has 0 radical (unpaired) electrons. The summed E-state index contributed by atoms with van der Waals surface area (Å²) in [4.78, 5) is 8.33. The van der Waals surface area contributed by atoms with Crippen molar-refractivity contribution in [2.75, 3.05) is 0 Å². The molecule has 94 valence electrons. The highest BCUT2D eigenvalue weighted by atomic mass is 35.5. The third-order valence-electron chi connectivity index (χ3n) is 3.40. The van der Waals surface area contributed by atoms with E-state index in [4.69, 9.17) is 16.3 Å². The van der Waals surface area contributed by atoms with Crippen molar-refractivity contribution in [1.29, 1.82) is 0 Å². The van der Waals surface area contributed by atoms with E-state index in [-0.39, 0.29) is 5.60 Å². The Kier molecular flexibility index (Phi) is 3.69. The van der Waals surface area contributed by atoms with Gasteiger partial charge < -0.3 is 4.74 Å². The summed E-state index contributed by atoms with van der Waals surface area (Å²) in [6.07, 6.45) is 5.36. The third-order valence-corrected chi connectivity index (χ3v) is 3.58. The molecular formula is C13H19ClN2O. The van der Waals surface area contributed by atoms with E-state index in [1.807, 2.05) is 0 Å². The van der Waals surface area contributed by atoms with Gasteiger partial charge in [0.1, 0.15) is 0 Å². The Morgan fingerprint density at radius 3 is 2.71 bits per heavy atom. The van der Waals surface area contributed by atoms with Crippen LogP contribution in [-0.4, -0.2) is 15.6 Å². The molecule has 1 aliphatic carbocycles. The minimum atomic E-state index is 0.0634. The van der Waals surface area contributed by atoms with Gasteiger partial charge in [0.2, 0.25) is 5.28 Å². The molecular weight excluding hydrogens is 236 g/mol. The molecule has 1 aliphatic rings. The van der Waals surface area contributed by atoms with Gasteiger partial charge in [0.05, 0.1) is 17.9 Å². The second kappa shape index (κ2) is 4.91. The molecule has 1 aromatic rings. The molecule has 0 spiro atoms. The SMILES string of the molecule is CC(C)c1nc(Cl)ncc1COC1(C)CCC1. The Morgan fingerprint density at radius 1 is 1.47 bits per heavy atom. The van der Waals surface area contributed by atoms with Gasteiger partial charge in [-0.25, -0.2) is 9.97 Å². The number of hydrogen-bond acceptors (Lipinski definition) is 3. The lowest BCUT2D eigenvalue weighted by Crippen LogP contribution is -2.36. The molecule has 1 saturated carbocycles. The summed E-state index contributed by atoms with van der Waals surface area (Å²) in [6.45, 7) is 6.96. The van der Waals surface area contributed by atoms with Gasteiger partial charge in [0.25, 0.3) is 0 Å². The zero-order valence-corrected chi connectivity index (χ0v) is 11.4. The summed E-state index contributed by atoms with van der Waals surface area (Å²) >= 11 is 5.83. The maximum absolute atomic E-state index is 5.96. The van der Waals surface area contributed by atoms with Crippen molar-refractivity contribution in [3.63, 3.8) is 0 Å². The summed E-state index contributed by atoms with van der Waals surface area (Å²) in [7, 11) is 0. The van der Waals surface area contributed by atoms with E-state index in [0.29, 0.717) is 17.8 Å². The monoisotopic (exact) mass is 254 g/mol. The molecule has 3 nitrogen and oxygen atoms in total. The molecule has 0 bridgehead atoms. The predicted molar refractivity (Wildman–Crippen MR) is 68.2 cm³/mol. The molecule has 1 aromatic heterocycles. The Hall–Kier alpha value is -0.670. The minimum absolute atomic E-state index is 0.0634. The van der Waals surface area contributed by atoms with Crippen LogP contribution in [0.2, 0.25) is 5.28 Å². The Labute approximate surface area is 108 Å². The molecule has 1 fully saturated rings. The van der Waals surface area contributed by atoms with Crippen molar-refractivity contribution < 1.29 is 4.74 Å². The average molecular weight is 255 g/mol. The number of hydrogen-bond donors (Lipinski definition) is 0. The van der Waals surface area contributed by atoms with Gasteiger partial charge in [-0.1, -0.05) is 13.8 Å². The van der Waals surface area contributed by atoms with Crippen LogP contribution in [0.4, 0.5) is 0 Å². The quantitative estimate of drug-likeness (QED) is 0.769. The van der Waals surface area contributed by atoms with Gasteiger partial charge in [-0.2, -0.15) is 0 Å². The van der Waals surface area contributed by atoms with Crippen molar-refractivity contribution in [1.82, 2.24) is 9.97 Å². The molecule has 2 rings (SSSR count). The molecule has 0 atom stereocenters. The van der Waals surface area contributed by atoms with Crippen molar-refractivity contribution >= 4 is 11.6 Å². The lowest BCUT2D eigenvalue weighted by molar-refractivity contribution is -0.0954. The fourth-order valence-corrected chi connectivity index (χ4v) is 2.22. The van der Waals surface area contributed by atoms with Crippen LogP contribution in [-0.2, 0) is 11.3 Å². The van der Waals surface area contributed by atoms with Crippen molar-refractivity contribution in [3.8, 4) is 0 Å². The van der Waals surface area contributed by atoms with Crippen LogP contribution >= 0.6 is 11.6 Å². The van der Waals surface area contributed by atoms with E-state index in [9.17, 15) is 0 Å². The molecule has 0 aromatic carbocycles. The summed E-state index contributed by atoms with van der Waals surface area (Å²) in [6, 6.07) is 0.